The quantitative estimate of drug-likeness (QED) is 0.720. The number of carbonyl (C=O) groups excluding carboxylic acids is 2. The second kappa shape index (κ2) is 9.36. The van der Waals surface area contributed by atoms with E-state index in [9.17, 15) is 9.59 Å². The van der Waals surface area contributed by atoms with Gasteiger partial charge in [-0.25, -0.2) is 0 Å². The largest absolute Gasteiger partial charge is 0.385 e. The van der Waals surface area contributed by atoms with Crippen LogP contribution < -0.4 is 10.6 Å². The van der Waals surface area contributed by atoms with Crippen molar-refractivity contribution in [3.8, 4) is 0 Å². The van der Waals surface area contributed by atoms with Crippen molar-refractivity contribution < 1.29 is 14.3 Å². The zero-order chi connectivity index (χ0) is 19.1. The first-order chi connectivity index (χ1) is 12.4. The lowest BCUT2D eigenvalue weighted by molar-refractivity contribution is 0.0947. The van der Waals surface area contributed by atoms with Crippen molar-refractivity contribution in [3.05, 3.63) is 63.7 Å². The van der Waals surface area contributed by atoms with E-state index in [0.29, 0.717) is 35.0 Å². The van der Waals surface area contributed by atoms with Gasteiger partial charge in [-0.2, -0.15) is 0 Å². The van der Waals surface area contributed by atoms with Gasteiger partial charge >= 0.3 is 0 Å². The van der Waals surface area contributed by atoms with Crippen molar-refractivity contribution in [2.24, 2.45) is 0 Å². The van der Waals surface area contributed by atoms with Crippen LogP contribution in [0.3, 0.4) is 0 Å². The van der Waals surface area contributed by atoms with Crippen LogP contribution in [0.4, 0.5) is 5.69 Å². The Morgan fingerprint density at radius 2 is 1.65 bits per heavy atom. The summed E-state index contributed by atoms with van der Waals surface area (Å²) in [6.45, 7) is 4.98. The maximum absolute atomic E-state index is 12.4. The molecule has 0 fully saturated rings. The first-order valence-electron chi connectivity index (χ1n) is 8.37. The van der Waals surface area contributed by atoms with Crippen molar-refractivity contribution >= 4 is 29.1 Å². The number of halogens is 1. The van der Waals surface area contributed by atoms with Gasteiger partial charge in [-0.05, 0) is 61.7 Å². The summed E-state index contributed by atoms with van der Waals surface area (Å²) in [5.41, 5.74) is 3.49. The smallest absolute Gasteiger partial charge is 0.255 e. The summed E-state index contributed by atoms with van der Waals surface area (Å²) in [5, 5.41) is 6.14. The molecule has 0 aliphatic heterocycles. The zero-order valence-electron chi connectivity index (χ0n) is 15.2. The normalized spacial score (nSPS) is 10.5. The molecule has 0 bridgehead atoms. The first-order valence-corrected chi connectivity index (χ1v) is 8.75. The molecule has 2 N–H and O–H groups in total. The average Bonchev–Trinajstić information content (AvgIpc) is 2.61. The topological polar surface area (TPSA) is 67.4 Å². The minimum atomic E-state index is -0.272. The zero-order valence-corrected chi connectivity index (χ0v) is 15.9. The predicted octanol–water partition coefficient (Wildman–Crippen LogP) is 3.98. The molecule has 138 valence electrons. The lowest BCUT2D eigenvalue weighted by Crippen LogP contribution is -2.25. The Hall–Kier alpha value is -2.37. The molecule has 0 aliphatic rings. The molecule has 0 spiro atoms. The molecule has 5 nitrogen and oxygen atoms in total. The van der Waals surface area contributed by atoms with E-state index in [1.807, 2.05) is 19.9 Å². The summed E-state index contributed by atoms with van der Waals surface area (Å²) in [6.07, 6.45) is 0.749. The lowest BCUT2D eigenvalue weighted by Gasteiger charge is -2.12. The highest BCUT2D eigenvalue weighted by Crippen LogP contribution is 2.27. The van der Waals surface area contributed by atoms with Crippen LogP contribution >= 0.6 is 11.6 Å². The number of anilines is 1. The maximum Gasteiger partial charge on any atom is 0.255 e. The summed E-state index contributed by atoms with van der Waals surface area (Å²) in [7, 11) is 1.62. The summed E-state index contributed by atoms with van der Waals surface area (Å²) in [5.74, 6) is -0.448. The fourth-order valence-corrected chi connectivity index (χ4v) is 2.92. The number of aryl methyl sites for hydroxylation is 2. The number of hydrogen-bond donors (Lipinski definition) is 2. The Bertz CT molecular complexity index is 765. The Morgan fingerprint density at radius 1 is 1.04 bits per heavy atom. The monoisotopic (exact) mass is 374 g/mol. The summed E-state index contributed by atoms with van der Waals surface area (Å²) in [4.78, 5) is 24.5. The van der Waals surface area contributed by atoms with Crippen LogP contribution in [0.2, 0.25) is 5.02 Å². The molecule has 0 heterocycles. The molecule has 0 saturated heterocycles. The first kappa shape index (κ1) is 19.9. The second-order valence-corrected chi connectivity index (χ2v) is 6.48. The van der Waals surface area contributed by atoms with Gasteiger partial charge in [0, 0.05) is 31.4 Å². The number of rotatable bonds is 7. The van der Waals surface area contributed by atoms with Crippen LogP contribution in [-0.4, -0.2) is 32.1 Å². The van der Waals surface area contributed by atoms with E-state index >= 15 is 0 Å². The highest BCUT2D eigenvalue weighted by Gasteiger charge is 2.12. The van der Waals surface area contributed by atoms with Crippen molar-refractivity contribution in [3.63, 3.8) is 0 Å². The predicted molar refractivity (Wildman–Crippen MR) is 104 cm³/mol. The Morgan fingerprint density at radius 3 is 2.23 bits per heavy atom. The molecule has 2 aromatic rings. The number of nitrogens with one attached hydrogen (secondary N) is 2. The van der Waals surface area contributed by atoms with Crippen LogP contribution in [0.15, 0.2) is 36.4 Å². The molecule has 0 aromatic heterocycles. The van der Waals surface area contributed by atoms with Gasteiger partial charge in [-0.3, -0.25) is 9.59 Å². The van der Waals surface area contributed by atoms with Gasteiger partial charge in [0.2, 0.25) is 0 Å². The van der Waals surface area contributed by atoms with E-state index in [0.717, 1.165) is 17.5 Å². The molecule has 26 heavy (non-hydrogen) atoms. The van der Waals surface area contributed by atoms with Gasteiger partial charge in [-0.1, -0.05) is 17.7 Å². The fraction of sp³-hybridized carbons (Fsp3) is 0.300. The SMILES string of the molecule is COCCCNC(=O)c1ccc(C(=O)Nc2c(C)cc(C)cc2Cl)cc1. The van der Waals surface area contributed by atoms with Crippen molar-refractivity contribution in [1.29, 1.82) is 0 Å². The lowest BCUT2D eigenvalue weighted by atomic mass is 10.1. The summed E-state index contributed by atoms with van der Waals surface area (Å²) in [6, 6.07) is 10.3. The fourth-order valence-electron chi connectivity index (χ4n) is 2.55. The number of amides is 2. The van der Waals surface area contributed by atoms with E-state index in [1.165, 1.54) is 0 Å². The van der Waals surface area contributed by atoms with Crippen molar-refractivity contribution in [1.82, 2.24) is 5.32 Å². The molecular weight excluding hydrogens is 352 g/mol. The highest BCUT2D eigenvalue weighted by atomic mass is 35.5. The number of methoxy groups -OCH3 is 1. The molecule has 2 aromatic carbocycles. The van der Waals surface area contributed by atoms with E-state index in [-0.39, 0.29) is 11.8 Å². The highest BCUT2D eigenvalue weighted by molar-refractivity contribution is 6.34. The minimum absolute atomic E-state index is 0.175. The summed E-state index contributed by atoms with van der Waals surface area (Å²) >= 11 is 6.23. The van der Waals surface area contributed by atoms with Crippen LogP contribution in [0.1, 0.15) is 38.3 Å². The molecule has 6 heteroatoms. The molecule has 0 unspecified atom stereocenters. The minimum Gasteiger partial charge on any atom is -0.385 e. The van der Waals surface area contributed by atoms with Crippen molar-refractivity contribution in [2.45, 2.75) is 20.3 Å². The molecule has 0 atom stereocenters. The van der Waals surface area contributed by atoms with Crippen molar-refractivity contribution in [2.75, 3.05) is 25.6 Å². The molecule has 2 amide bonds. The Balaban J connectivity index is 2.02. The second-order valence-electron chi connectivity index (χ2n) is 6.07. The van der Waals surface area contributed by atoms with Gasteiger partial charge in [0.25, 0.3) is 11.8 Å². The molecule has 2 rings (SSSR count). The van der Waals surface area contributed by atoms with Gasteiger partial charge in [0.1, 0.15) is 0 Å². The van der Waals surface area contributed by atoms with Crippen LogP contribution in [-0.2, 0) is 4.74 Å². The van der Waals surface area contributed by atoms with Crippen LogP contribution in [0, 0.1) is 13.8 Å². The third kappa shape index (κ3) is 5.31. The van der Waals surface area contributed by atoms with Gasteiger partial charge in [0.15, 0.2) is 0 Å². The van der Waals surface area contributed by atoms with E-state index in [2.05, 4.69) is 10.6 Å². The maximum atomic E-state index is 12.4. The Kier molecular flexibility index (Phi) is 7.18. The molecule has 0 radical (unpaired) electrons. The van der Waals surface area contributed by atoms with Crippen LogP contribution in [0.25, 0.3) is 0 Å². The number of hydrogen-bond acceptors (Lipinski definition) is 3. The number of benzene rings is 2. The molecule has 0 saturated carbocycles. The molecular formula is C20H23ClN2O3. The standard InChI is InChI=1S/C20H23ClN2O3/c1-13-11-14(2)18(17(21)12-13)23-20(25)16-7-5-15(6-8-16)19(24)22-9-4-10-26-3/h5-8,11-12H,4,9-10H2,1-3H3,(H,22,24)(H,23,25). The van der Waals surface area contributed by atoms with E-state index < -0.39 is 0 Å². The third-order valence-corrected chi connectivity index (χ3v) is 4.19. The number of ether oxygens (including phenoxy) is 1. The number of carbonyl (C=O) groups is 2. The van der Waals surface area contributed by atoms with Crippen LogP contribution in [0.5, 0.6) is 0 Å². The Labute approximate surface area is 158 Å². The average molecular weight is 375 g/mol. The van der Waals surface area contributed by atoms with E-state index in [4.69, 9.17) is 16.3 Å². The summed E-state index contributed by atoms with van der Waals surface area (Å²) < 4.78 is 4.94. The van der Waals surface area contributed by atoms with Gasteiger partial charge in [0.05, 0.1) is 10.7 Å². The van der Waals surface area contributed by atoms with Gasteiger partial charge in [-0.15, -0.1) is 0 Å². The van der Waals surface area contributed by atoms with E-state index in [1.54, 1.807) is 37.4 Å². The molecule has 0 aliphatic carbocycles. The van der Waals surface area contributed by atoms with Gasteiger partial charge < -0.3 is 15.4 Å². The third-order valence-electron chi connectivity index (χ3n) is 3.89.